The van der Waals surface area contributed by atoms with Crippen LogP contribution in [0.5, 0.6) is 0 Å². The molecule has 0 atom stereocenters. The maximum Gasteiger partial charge on any atom is 0.0518 e. The molecule has 0 unspecified atom stereocenters. The molecule has 0 amide bonds. The summed E-state index contributed by atoms with van der Waals surface area (Å²) in [6, 6.07) is 2.09. The molecule has 0 radical (unpaired) electrons. The molecule has 1 aromatic heterocycles. The van der Waals surface area contributed by atoms with Crippen molar-refractivity contribution in [2.45, 2.75) is 39.3 Å². The third-order valence-electron chi connectivity index (χ3n) is 2.19. The van der Waals surface area contributed by atoms with Crippen molar-refractivity contribution in [3.8, 4) is 0 Å². The first-order valence-electron chi connectivity index (χ1n) is 5.73. The van der Waals surface area contributed by atoms with Gasteiger partial charge in [-0.3, -0.25) is 0 Å². The highest BCUT2D eigenvalue weighted by atomic mass is 16.5. The van der Waals surface area contributed by atoms with Gasteiger partial charge in [-0.2, -0.15) is 0 Å². The van der Waals surface area contributed by atoms with Crippen LogP contribution in [0.4, 0.5) is 0 Å². The summed E-state index contributed by atoms with van der Waals surface area (Å²) in [4.78, 5) is 3.04. The number of ether oxygens (including phenoxy) is 1. The van der Waals surface area contributed by atoms with E-state index in [1.807, 2.05) is 12.4 Å². The van der Waals surface area contributed by atoms with E-state index in [2.05, 4.69) is 30.2 Å². The number of hydrogen-bond acceptors (Lipinski definition) is 2. The average molecular weight is 210 g/mol. The number of aromatic nitrogens is 1. The zero-order chi connectivity index (χ0) is 10.9. The van der Waals surface area contributed by atoms with Gasteiger partial charge in [-0.05, 0) is 44.9 Å². The molecule has 15 heavy (non-hydrogen) atoms. The Morgan fingerprint density at radius 1 is 1.40 bits per heavy atom. The number of rotatable bonds is 8. The summed E-state index contributed by atoms with van der Waals surface area (Å²) in [5.74, 6) is 0. The van der Waals surface area contributed by atoms with Crippen LogP contribution in [-0.2, 0) is 11.3 Å². The van der Waals surface area contributed by atoms with Gasteiger partial charge in [0.2, 0.25) is 0 Å². The van der Waals surface area contributed by atoms with Crippen molar-refractivity contribution in [1.82, 2.24) is 10.3 Å². The second-order valence-corrected chi connectivity index (χ2v) is 4.02. The first-order valence-corrected chi connectivity index (χ1v) is 5.73. The van der Waals surface area contributed by atoms with Crippen molar-refractivity contribution in [3.63, 3.8) is 0 Å². The lowest BCUT2D eigenvalue weighted by molar-refractivity contribution is 0.0760. The summed E-state index contributed by atoms with van der Waals surface area (Å²) in [6.45, 7) is 7.04. The Labute approximate surface area is 92.2 Å². The molecular formula is C12H22N2O. The number of hydrogen-bond donors (Lipinski definition) is 2. The Kier molecular flexibility index (Phi) is 6.12. The van der Waals surface area contributed by atoms with Gasteiger partial charge in [-0.25, -0.2) is 0 Å². The lowest BCUT2D eigenvalue weighted by atomic mass is 10.3. The zero-order valence-electron chi connectivity index (χ0n) is 9.75. The SMILES string of the molecule is CC(C)OCCCCNCc1cc[nH]c1. The van der Waals surface area contributed by atoms with Gasteiger partial charge in [-0.15, -0.1) is 0 Å². The maximum atomic E-state index is 5.46. The Balaban J connectivity index is 1.85. The van der Waals surface area contributed by atoms with Gasteiger partial charge in [0.1, 0.15) is 0 Å². The highest BCUT2D eigenvalue weighted by molar-refractivity contribution is 5.07. The molecule has 3 heteroatoms. The molecular weight excluding hydrogens is 188 g/mol. The quantitative estimate of drug-likeness (QED) is 0.646. The molecule has 0 saturated carbocycles. The predicted molar refractivity (Wildman–Crippen MR) is 62.8 cm³/mol. The van der Waals surface area contributed by atoms with Crippen LogP contribution in [-0.4, -0.2) is 24.2 Å². The van der Waals surface area contributed by atoms with Crippen LogP contribution in [0.2, 0.25) is 0 Å². The first-order chi connectivity index (χ1) is 7.29. The van der Waals surface area contributed by atoms with E-state index in [-0.39, 0.29) is 0 Å². The molecule has 0 bridgehead atoms. The van der Waals surface area contributed by atoms with Crippen molar-refractivity contribution in [2.24, 2.45) is 0 Å². The second kappa shape index (κ2) is 7.49. The third kappa shape index (κ3) is 6.31. The molecule has 3 nitrogen and oxygen atoms in total. The molecule has 0 saturated heterocycles. The number of unbranched alkanes of at least 4 members (excludes halogenated alkanes) is 1. The molecule has 86 valence electrons. The van der Waals surface area contributed by atoms with E-state index >= 15 is 0 Å². The fourth-order valence-electron chi connectivity index (χ4n) is 1.37. The van der Waals surface area contributed by atoms with Crippen molar-refractivity contribution in [3.05, 3.63) is 24.0 Å². The topological polar surface area (TPSA) is 37.0 Å². The Bertz CT molecular complexity index is 232. The smallest absolute Gasteiger partial charge is 0.0518 e. The van der Waals surface area contributed by atoms with Crippen molar-refractivity contribution >= 4 is 0 Å². The van der Waals surface area contributed by atoms with Crippen LogP contribution in [0.3, 0.4) is 0 Å². The Morgan fingerprint density at radius 3 is 2.93 bits per heavy atom. The first kappa shape index (κ1) is 12.3. The monoisotopic (exact) mass is 210 g/mol. The van der Waals surface area contributed by atoms with Crippen LogP contribution in [0.25, 0.3) is 0 Å². The fourth-order valence-corrected chi connectivity index (χ4v) is 1.37. The van der Waals surface area contributed by atoms with Gasteiger partial charge in [0.25, 0.3) is 0 Å². The van der Waals surface area contributed by atoms with Crippen molar-refractivity contribution in [1.29, 1.82) is 0 Å². The van der Waals surface area contributed by atoms with Gasteiger partial charge in [-0.1, -0.05) is 0 Å². The largest absolute Gasteiger partial charge is 0.379 e. The summed E-state index contributed by atoms with van der Waals surface area (Å²) in [5, 5.41) is 3.40. The number of nitrogens with one attached hydrogen (secondary N) is 2. The molecule has 0 aliphatic carbocycles. The summed E-state index contributed by atoms with van der Waals surface area (Å²) in [5.41, 5.74) is 1.31. The number of H-pyrrole nitrogens is 1. The lowest BCUT2D eigenvalue weighted by Gasteiger charge is -2.07. The minimum absolute atomic E-state index is 0.359. The Morgan fingerprint density at radius 2 is 2.27 bits per heavy atom. The van der Waals surface area contributed by atoms with E-state index in [9.17, 15) is 0 Å². The zero-order valence-corrected chi connectivity index (χ0v) is 9.75. The summed E-state index contributed by atoms with van der Waals surface area (Å²) < 4.78 is 5.46. The minimum atomic E-state index is 0.359. The predicted octanol–water partition coefficient (Wildman–Crippen LogP) is 2.31. The van der Waals surface area contributed by atoms with E-state index in [1.54, 1.807) is 0 Å². The van der Waals surface area contributed by atoms with Gasteiger partial charge < -0.3 is 15.0 Å². The average Bonchev–Trinajstić information content (AvgIpc) is 2.68. The second-order valence-electron chi connectivity index (χ2n) is 4.02. The van der Waals surface area contributed by atoms with E-state index in [4.69, 9.17) is 4.74 Å². The summed E-state index contributed by atoms with van der Waals surface area (Å²) in [7, 11) is 0. The molecule has 0 aliphatic rings. The Hall–Kier alpha value is -0.800. The van der Waals surface area contributed by atoms with Crippen LogP contribution >= 0.6 is 0 Å². The van der Waals surface area contributed by atoms with Crippen molar-refractivity contribution in [2.75, 3.05) is 13.2 Å². The fraction of sp³-hybridized carbons (Fsp3) is 0.667. The number of aromatic amines is 1. The van der Waals surface area contributed by atoms with Gasteiger partial charge in [0.15, 0.2) is 0 Å². The van der Waals surface area contributed by atoms with Gasteiger partial charge >= 0.3 is 0 Å². The van der Waals surface area contributed by atoms with Crippen LogP contribution in [0.1, 0.15) is 32.3 Å². The van der Waals surface area contributed by atoms with Gasteiger partial charge in [0, 0.05) is 25.5 Å². The van der Waals surface area contributed by atoms with Crippen LogP contribution in [0, 0.1) is 0 Å². The normalized spacial score (nSPS) is 11.1. The van der Waals surface area contributed by atoms with Crippen molar-refractivity contribution < 1.29 is 4.74 Å². The van der Waals surface area contributed by atoms with Crippen LogP contribution < -0.4 is 5.32 Å². The maximum absolute atomic E-state index is 5.46. The minimum Gasteiger partial charge on any atom is -0.379 e. The standard InChI is InChI=1S/C12H22N2O/c1-11(2)15-8-4-3-6-13-9-12-5-7-14-10-12/h5,7,10-11,13-14H,3-4,6,8-9H2,1-2H3. The third-order valence-corrected chi connectivity index (χ3v) is 2.19. The van der Waals surface area contributed by atoms with E-state index in [1.165, 1.54) is 12.0 Å². The molecule has 1 heterocycles. The molecule has 1 rings (SSSR count). The molecule has 0 aliphatic heterocycles. The molecule has 2 N–H and O–H groups in total. The van der Waals surface area contributed by atoms with E-state index in [0.717, 1.165) is 26.1 Å². The summed E-state index contributed by atoms with van der Waals surface area (Å²) >= 11 is 0. The molecule has 1 aromatic rings. The van der Waals surface area contributed by atoms with Gasteiger partial charge in [0.05, 0.1) is 6.10 Å². The highest BCUT2D eigenvalue weighted by Gasteiger charge is 1.94. The lowest BCUT2D eigenvalue weighted by Crippen LogP contribution is -2.15. The summed E-state index contributed by atoms with van der Waals surface area (Å²) in [6.07, 6.45) is 6.65. The molecule has 0 fully saturated rings. The van der Waals surface area contributed by atoms with Crippen LogP contribution in [0.15, 0.2) is 18.5 Å². The van der Waals surface area contributed by atoms with E-state index in [0.29, 0.717) is 6.10 Å². The molecule has 0 spiro atoms. The highest BCUT2D eigenvalue weighted by Crippen LogP contribution is 1.96. The molecule has 0 aromatic carbocycles. The van der Waals surface area contributed by atoms with E-state index < -0.39 is 0 Å².